The highest BCUT2D eigenvalue weighted by Crippen LogP contribution is 2.33. The maximum atomic E-state index is 13.2. The van der Waals surface area contributed by atoms with Crippen molar-refractivity contribution in [2.45, 2.75) is 25.9 Å². The highest BCUT2D eigenvalue weighted by atomic mass is 79.9. The Bertz CT molecular complexity index is 1340. The number of carboxylic acid groups (broad SMARTS) is 1. The van der Waals surface area contributed by atoms with Gasteiger partial charge in [-0.25, -0.2) is 0 Å². The first-order valence-corrected chi connectivity index (χ1v) is 11.1. The van der Waals surface area contributed by atoms with Crippen molar-refractivity contribution in [3.05, 3.63) is 82.0 Å². The number of carbonyl (C=O) groups excluding carboxylic acids is 1. The van der Waals surface area contributed by atoms with Crippen LogP contribution in [0.25, 0.3) is 21.7 Å². The maximum Gasteiger partial charge on any atom is 0.323 e. The summed E-state index contributed by atoms with van der Waals surface area (Å²) in [5.74, 6) is -0.770. The standard InChI is InChI=1S/C25H21BrN2O3/c26-18-8-9-22-20(13-18)21-14-27(11-10-23(21)28(22)15-25(30)31)24(29)12-17-6-3-5-16-4-1-2-7-19(16)17/h1-9,13H,10-12,14-15H2,(H,30,31). The number of aromatic nitrogens is 1. The number of benzene rings is 3. The summed E-state index contributed by atoms with van der Waals surface area (Å²) in [6, 6.07) is 20.1. The van der Waals surface area contributed by atoms with Crippen molar-refractivity contribution in [3.8, 4) is 0 Å². The maximum absolute atomic E-state index is 13.2. The lowest BCUT2D eigenvalue weighted by molar-refractivity contribution is -0.137. The van der Waals surface area contributed by atoms with Crippen LogP contribution < -0.4 is 0 Å². The first kappa shape index (κ1) is 19.8. The Kier molecular flexibility index (Phi) is 5.02. The zero-order valence-corrected chi connectivity index (χ0v) is 18.4. The number of hydrogen-bond donors (Lipinski definition) is 1. The largest absolute Gasteiger partial charge is 0.480 e. The number of amides is 1. The average Bonchev–Trinajstić information content (AvgIpc) is 3.05. The zero-order chi connectivity index (χ0) is 21.5. The van der Waals surface area contributed by atoms with E-state index in [2.05, 4.69) is 34.1 Å². The topological polar surface area (TPSA) is 62.5 Å². The van der Waals surface area contributed by atoms with Crippen LogP contribution in [0.15, 0.2) is 65.1 Å². The quantitative estimate of drug-likeness (QED) is 0.461. The molecule has 3 aromatic carbocycles. The van der Waals surface area contributed by atoms with Gasteiger partial charge in [0.05, 0.1) is 6.42 Å². The zero-order valence-electron chi connectivity index (χ0n) is 16.8. The lowest BCUT2D eigenvalue weighted by Gasteiger charge is -2.28. The molecule has 0 fully saturated rings. The molecule has 0 spiro atoms. The molecule has 1 aliphatic heterocycles. The van der Waals surface area contributed by atoms with Crippen molar-refractivity contribution in [2.24, 2.45) is 0 Å². The Morgan fingerprint density at radius 2 is 1.81 bits per heavy atom. The van der Waals surface area contributed by atoms with Crippen molar-refractivity contribution in [1.29, 1.82) is 0 Å². The molecule has 1 N–H and O–H groups in total. The third kappa shape index (κ3) is 3.61. The molecular formula is C25H21BrN2O3. The van der Waals surface area contributed by atoms with Crippen LogP contribution in [-0.4, -0.2) is 33.0 Å². The molecule has 0 unspecified atom stereocenters. The monoisotopic (exact) mass is 476 g/mol. The number of rotatable bonds is 4. The van der Waals surface area contributed by atoms with E-state index in [1.165, 1.54) is 0 Å². The van der Waals surface area contributed by atoms with Crippen molar-refractivity contribution >= 4 is 49.5 Å². The minimum atomic E-state index is -0.864. The van der Waals surface area contributed by atoms with Gasteiger partial charge in [-0.1, -0.05) is 58.4 Å². The third-order valence-corrected chi connectivity index (χ3v) is 6.58. The minimum absolute atomic E-state index is 0.0720. The summed E-state index contributed by atoms with van der Waals surface area (Å²) in [6.45, 7) is 1.02. The van der Waals surface area contributed by atoms with Gasteiger partial charge in [-0.15, -0.1) is 0 Å². The first-order valence-electron chi connectivity index (χ1n) is 10.3. The van der Waals surface area contributed by atoms with Crippen LogP contribution in [0.4, 0.5) is 0 Å². The molecule has 0 bridgehead atoms. The van der Waals surface area contributed by atoms with Gasteiger partial charge in [-0.2, -0.15) is 0 Å². The molecule has 0 saturated carbocycles. The molecule has 0 radical (unpaired) electrons. The second-order valence-electron chi connectivity index (χ2n) is 7.95. The van der Waals surface area contributed by atoms with Gasteiger partial charge in [0, 0.05) is 46.1 Å². The van der Waals surface area contributed by atoms with Crippen molar-refractivity contribution in [1.82, 2.24) is 9.47 Å². The molecular weight excluding hydrogens is 456 g/mol. The molecule has 156 valence electrons. The van der Waals surface area contributed by atoms with Gasteiger partial charge in [-0.05, 0) is 34.5 Å². The molecule has 1 aliphatic rings. The van der Waals surface area contributed by atoms with E-state index in [-0.39, 0.29) is 12.5 Å². The molecule has 0 aliphatic carbocycles. The fourth-order valence-electron chi connectivity index (χ4n) is 4.67. The molecule has 5 nitrogen and oxygen atoms in total. The van der Waals surface area contributed by atoms with E-state index in [1.54, 1.807) is 0 Å². The van der Waals surface area contributed by atoms with Crippen LogP contribution in [0.1, 0.15) is 16.8 Å². The molecule has 0 atom stereocenters. The van der Waals surface area contributed by atoms with E-state index < -0.39 is 5.97 Å². The Morgan fingerprint density at radius 1 is 1.00 bits per heavy atom. The Hall–Kier alpha value is -3.12. The summed E-state index contributed by atoms with van der Waals surface area (Å²) in [5.41, 5.74) is 4.00. The highest BCUT2D eigenvalue weighted by molar-refractivity contribution is 9.10. The summed E-state index contributed by atoms with van der Waals surface area (Å²) in [4.78, 5) is 26.6. The number of aliphatic carboxylic acids is 1. The normalized spacial score (nSPS) is 13.5. The summed E-state index contributed by atoms with van der Waals surface area (Å²) in [5, 5.41) is 12.6. The molecule has 6 heteroatoms. The SMILES string of the molecule is O=C(O)Cn1c2c(c3cc(Br)ccc31)CN(C(=O)Cc1cccc3ccccc13)CC2. The number of carboxylic acids is 1. The average molecular weight is 477 g/mol. The fraction of sp³-hybridized carbons (Fsp3) is 0.200. The number of carbonyl (C=O) groups is 2. The molecule has 31 heavy (non-hydrogen) atoms. The molecule has 0 saturated heterocycles. The van der Waals surface area contributed by atoms with Crippen molar-refractivity contribution in [3.63, 3.8) is 0 Å². The van der Waals surface area contributed by atoms with Crippen LogP contribution in [0.2, 0.25) is 0 Å². The smallest absolute Gasteiger partial charge is 0.323 e. The van der Waals surface area contributed by atoms with Crippen LogP contribution in [0.5, 0.6) is 0 Å². The van der Waals surface area contributed by atoms with Crippen molar-refractivity contribution in [2.75, 3.05) is 6.54 Å². The Labute approximate surface area is 188 Å². The molecule has 1 amide bonds. The molecule has 1 aromatic heterocycles. The summed E-state index contributed by atoms with van der Waals surface area (Å²) in [7, 11) is 0. The molecule has 4 aromatic rings. The predicted molar refractivity (Wildman–Crippen MR) is 124 cm³/mol. The lowest BCUT2D eigenvalue weighted by Crippen LogP contribution is -2.37. The van der Waals surface area contributed by atoms with Gasteiger partial charge in [0.25, 0.3) is 0 Å². The van der Waals surface area contributed by atoms with Gasteiger partial charge < -0.3 is 14.6 Å². The fourth-order valence-corrected chi connectivity index (χ4v) is 5.03. The number of fused-ring (bicyclic) bond motifs is 4. The second kappa shape index (κ2) is 7.85. The third-order valence-electron chi connectivity index (χ3n) is 6.08. The summed E-state index contributed by atoms with van der Waals surface area (Å²) >= 11 is 3.53. The summed E-state index contributed by atoms with van der Waals surface area (Å²) in [6.07, 6.45) is 1.00. The predicted octanol–water partition coefficient (Wildman–Crippen LogP) is 4.77. The van der Waals surface area contributed by atoms with E-state index in [9.17, 15) is 14.7 Å². The summed E-state index contributed by atoms with van der Waals surface area (Å²) < 4.78 is 2.82. The Balaban J connectivity index is 1.47. The molecule has 2 heterocycles. The highest BCUT2D eigenvalue weighted by Gasteiger charge is 2.27. The minimum Gasteiger partial charge on any atom is -0.480 e. The van der Waals surface area contributed by atoms with E-state index in [0.717, 1.165) is 43.0 Å². The van der Waals surface area contributed by atoms with E-state index in [0.29, 0.717) is 25.9 Å². The van der Waals surface area contributed by atoms with Crippen LogP contribution in [-0.2, 0) is 35.5 Å². The van der Waals surface area contributed by atoms with E-state index in [1.807, 2.05) is 51.9 Å². The molecule has 5 rings (SSSR count). The number of hydrogen-bond acceptors (Lipinski definition) is 2. The second-order valence-corrected chi connectivity index (χ2v) is 8.86. The van der Waals surface area contributed by atoms with Crippen LogP contribution in [0, 0.1) is 0 Å². The van der Waals surface area contributed by atoms with Crippen molar-refractivity contribution < 1.29 is 14.7 Å². The Morgan fingerprint density at radius 3 is 2.65 bits per heavy atom. The van der Waals surface area contributed by atoms with E-state index >= 15 is 0 Å². The van der Waals surface area contributed by atoms with Gasteiger partial charge in [0.1, 0.15) is 6.54 Å². The number of halogens is 1. The van der Waals surface area contributed by atoms with Gasteiger partial charge in [-0.3, -0.25) is 9.59 Å². The van der Waals surface area contributed by atoms with Gasteiger partial charge in [0.15, 0.2) is 0 Å². The number of nitrogens with zero attached hydrogens (tertiary/aromatic N) is 2. The van der Waals surface area contributed by atoms with Gasteiger partial charge >= 0.3 is 5.97 Å². The van der Waals surface area contributed by atoms with Crippen LogP contribution in [0.3, 0.4) is 0 Å². The van der Waals surface area contributed by atoms with Crippen LogP contribution >= 0.6 is 15.9 Å². The van der Waals surface area contributed by atoms with Gasteiger partial charge in [0.2, 0.25) is 5.91 Å². The first-order chi connectivity index (χ1) is 15.0. The van der Waals surface area contributed by atoms with E-state index in [4.69, 9.17) is 0 Å². The lowest BCUT2D eigenvalue weighted by atomic mass is 10.00.